The molecule has 3 nitrogen and oxygen atoms in total. The second-order valence-electron chi connectivity index (χ2n) is 3.10. The van der Waals surface area contributed by atoms with E-state index in [0.717, 1.165) is 29.9 Å². The molecule has 0 saturated heterocycles. The number of hydrogen-bond donors (Lipinski definition) is 0. The molecule has 0 aliphatic rings. The Morgan fingerprint density at radius 3 is 2.86 bits per heavy atom. The van der Waals surface area contributed by atoms with Crippen molar-refractivity contribution in [3.63, 3.8) is 0 Å². The van der Waals surface area contributed by atoms with Crippen LogP contribution in [0.15, 0.2) is 22.8 Å². The second kappa shape index (κ2) is 5.98. The molecule has 1 aromatic heterocycles. The molecule has 0 spiro atoms. The fraction of sp³-hybridized carbons (Fsp3) is 0.500. The number of methoxy groups -OCH3 is 1. The highest BCUT2D eigenvalue weighted by molar-refractivity contribution is 9.10. The van der Waals surface area contributed by atoms with Crippen molar-refractivity contribution in [2.24, 2.45) is 0 Å². The van der Waals surface area contributed by atoms with E-state index in [-0.39, 0.29) is 0 Å². The smallest absolute Gasteiger partial charge is 0.128 e. The van der Waals surface area contributed by atoms with Crippen LogP contribution in [-0.4, -0.2) is 32.3 Å². The Hall–Kier alpha value is -0.610. The molecule has 78 valence electrons. The standard InChI is InChI=1S/C10H15BrN2O/c1-13(6-3-7-14-2)10-5-4-9(11)8-12-10/h4-5,8H,3,6-7H2,1-2H3. The monoisotopic (exact) mass is 258 g/mol. The SMILES string of the molecule is COCCCN(C)c1ccc(Br)cn1. The molecular weight excluding hydrogens is 244 g/mol. The molecule has 4 heteroatoms. The molecule has 1 aromatic rings. The summed E-state index contributed by atoms with van der Waals surface area (Å²) in [6.07, 6.45) is 2.83. The zero-order valence-corrected chi connectivity index (χ0v) is 10.1. The Morgan fingerprint density at radius 2 is 2.29 bits per heavy atom. The maximum absolute atomic E-state index is 4.99. The van der Waals surface area contributed by atoms with Crippen LogP contribution in [0, 0.1) is 0 Å². The summed E-state index contributed by atoms with van der Waals surface area (Å²) in [6.45, 7) is 1.75. The maximum atomic E-state index is 4.99. The second-order valence-corrected chi connectivity index (χ2v) is 4.02. The van der Waals surface area contributed by atoms with Gasteiger partial charge in [-0.15, -0.1) is 0 Å². The Labute approximate surface area is 93.2 Å². The van der Waals surface area contributed by atoms with Gasteiger partial charge in [-0.1, -0.05) is 0 Å². The summed E-state index contributed by atoms with van der Waals surface area (Å²) < 4.78 is 6.00. The summed E-state index contributed by atoms with van der Waals surface area (Å²) in [5, 5.41) is 0. The minimum atomic E-state index is 0.793. The third kappa shape index (κ3) is 3.64. The minimum Gasteiger partial charge on any atom is -0.385 e. The number of halogens is 1. The number of pyridine rings is 1. The quantitative estimate of drug-likeness (QED) is 0.759. The summed E-state index contributed by atoms with van der Waals surface area (Å²) in [5.41, 5.74) is 0. The zero-order valence-electron chi connectivity index (χ0n) is 8.53. The third-order valence-corrected chi connectivity index (χ3v) is 2.41. The first-order valence-electron chi connectivity index (χ1n) is 4.55. The van der Waals surface area contributed by atoms with Gasteiger partial charge in [-0.2, -0.15) is 0 Å². The molecular formula is C10H15BrN2O. The third-order valence-electron chi connectivity index (χ3n) is 1.94. The molecule has 0 bridgehead atoms. The van der Waals surface area contributed by atoms with E-state index in [1.165, 1.54) is 0 Å². The van der Waals surface area contributed by atoms with Crippen LogP contribution < -0.4 is 4.90 Å². The van der Waals surface area contributed by atoms with Crippen molar-refractivity contribution >= 4 is 21.7 Å². The van der Waals surface area contributed by atoms with Gasteiger partial charge in [-0.05, 0) is 34.5 Å². The van der Waals surface area contributed by atoms with Gasteiger partial charge in [0, 0.05) is 38.0 Å². The normalized spacial score (nSPS) is 10.2. The lowest BCUT2D eigenvalue weighted by Gasteiger charge is -2.17. The number of rotatable bonds is 5. The first-order chi connectivity index (χ1) is 6.74. The van der Waals surface area contributed by atoms with Gasteiger partial charge in [0.1, 0.15) is 5.82 Å². The average Bonchev–Trinajstić information content (AvgIpc) is 2.19. The highest BCUT2D eigenvalue weighted by atomic mass is 79.9. The largest absolute Gasteiger partial charge is 0.385 e. The molecule has 0 fully saturated rings. The van der Waals surface area contributed by atoms with E-state index in [0.29, 0.717) is 0 Å². The Bertz CT molecular complexity index is 263. The highest BCUT2D eigenvalue weighted by Gasteiger charge is 2.00. The number of anilines is 1. The molecule has 1 heterocycles. The fourth-order valence-corrected chi connectivity index (χ4v) is 1.39. The number of nitrogens with zero attached hydrogens (tertiary/aromatic N) is 2. The molecule has 0 aliphatic heterocycles. The molecule has 0 unspecified atom stereocenters. The summed E-state index contributed by atoms with van der Waals surface area (Å²) in [5.74, 6) is 0.990. The van der Waals surface area contributed by atoms with Crippen LogP contribution in [0.4, 0.5) is 5.82 Å². The van der Waals surface area contributed by atoms with Crippen LogP contribution >= 0.6 is 15.9 Å². The van der Waals surface area contributed by atoms with Crippen molar-refractivity contribution in [3.8, 4) is 0 Å². The lowest BCUT2D eigenvalue weighted by atomic mass is 10.4. The highest BCUT2D eigenvalue weighted by Crippen LogP contribution is 2.13. The summed E-state index contributed by atoms with van der Waals surface area (Å²) >= 11 is 3.36. The molecule has 14 heavy (non-hydrogen) atoms. The number of ether oxygens (including phenoxy) is 1. The summed E-state index contributed by atoms with van der Waals surface area (Å²) in [6, 6.07) is 3.99. The molecule has 0 N–H and O–H groups in total. The van der Waals surface area contributed by atoms with Crippen LogP contribution in [0.1, 0.15) is 6.42 Å². The predicted molar refractivity (Wildman–Crippen MR) is 61.7 cm³/mol. The van der Waals surface area contributed by atoms with Crippen molar-refractivity contribution in [2.75, 3.05) is 32.2 Å². The summed E-state index contributed by atoms with van der Waals surface area (Å²) in [4.78, 5) is 6.41. The van der Waals surface area contributed by atoms with Crippen molar-refractivity contribution in [1.29, 1.82) is 0 Å². The van der Waals surface area contributed by atoms with Crippen molar-refractivity contribution in [1.82, 2.24) is 4.98 Å². The van der Waals surface area contributed by atoms with Gasteiger partial charge in [-0.25, -0.2) is 4.98 Å². The average molecular weight is 259 g/mol. The van der Waals surface area contributed by atoms with Crippen molar-refractivity contribution in [2.45, 2.75) is 6.42 Å². The van der Waals surface area contributed by atoms with Crippen LogP contribution in [0.3, 0.4) is 0 Å². The van der Waals surface area contributed by atoms with Crippen LogP contribution in [-0.2, 0) is 4.74 Å². The van der Waals surface area contributed by atoms with Gasteiger partial charge in [0.25, 0.3) is 0 Å². The summed E-state index contributed by atoms with van der Waals surface area (Å²) in [7, 11) is 3.75. The first-order valence-corrected chi connectivity index (χ1v) is 5.35. The maximum Gasteiger partial charge on any atom is 0.128 e. The van der Waals surface area contributed by atoms with E-state index >= 15 is 0 Å². The molecule has 1 rings (SSSR count). The van der Waals surface area contributed by atoms with E-state index in [9.17, 15) is 0 Å². The van der Waals surface area contributed by atoms with Crippen molar-refractivity contribution < 1.29 is 4.74 Å². The molecule has 0 saturated carbocycles. The fourth-order valence-electron chi connectivity index (χ4n) is 1.15. The van der Waals surface area contributed by atoms with Gasteiger partial charge in [0.15, 0.2) is 0 Å². The topological polar surface area (TPSA) is 25.4 Å². The van der Waals surface area contributed by atoms with E-state index < -0.39 is 0 Å². The Balaban J connectivity index is 2.43. The molecule has 0 aromatic carbocycles. The van der Waals surface area contributed by atoms with Crippen LogP contribution in [0.5, 0.6) is 0 Å². The van der Waals surface area contributed by atoms with Gasteiger partial charge in [0.2, 0.25) is 0 Å². The van der Waals surface area contributed by atoms with Gasteiger partial charge in [-0.3, -0.25) is 0 Å². The zero-order chi connectivity index (χ0) is 10.4. The van der Waals surface area contributed by atoms with Gasteiger partial charge < -0.3 is 9.64 Å². The van der Waals surface area contributed by atoms with Crippen molar-refractivity contribution in [3.05, 3.63) is 22.8 Å². The Kier molecular flexibility index (Phi) is 4.90. The van der Waals surface area contributed by atoms with E-state index in [4.69, 9.17) is 4.74 Å². The van der Waals surface area contributed by atoms with Crippen LogP contribution in [0.25, 0.3) is 0 Å². The minimum absolute atomic E-state index is 0.793. The van der Waals surface area contributed by atoms with E-state index in [1.54, 1.807) is 7.11 Å². The van der Waals surface area contributed by atoms with E-state index in [1.807, 2.05) is 25.4 Å². The van der Waals surface area contributed by atoms with Gasteiger partial charge >= 0.3 is 0 Å². The number of hydrogen-bond acceptors (Lipinski definition) is 3. The molecule has 0 aliphatic carbocycles. The molecule has 0 amide bonds. The molecule has 0 radical (unpaired) electrons. The Morgan fingerprint density at radius 1 is 1.50 bits per heavy atom. The van der Waals surface area contributed by atoms with Crippen LogP contribution in [0.2, 0.25) is 0 Å². The van der Waals surface area contributed by atoms with Gasteiger partial charge in [0.05, 0.1) is 0 Å². The molecule has 0 atom stereocenters. The predicted octanol–water partition coefficient (Wildman–Crippen LogP) is 2.32. The first kappa shape index (κ1) is 11.5. The van der Waals surface area contributed by atoms with E-state index in [2.05, 4.69) is 25.8 Å². The lowest BCUT2D eigenvalue weighted by molar-refractivity contribution is 0.196. The number of aromatic nitrogens is 1. The lowest BCUT2D eigenvalue weighted by Crippen LogP contribution is -2.20.